The predicted molar refractivity (Wildman–Crippen MR) is 135 cm³/mol. The van der Waals surface area contributed by atoms with E-state index >= 15 is 0 Å². The van der Waals surface area contributed by atoms with E-state index in [4.69, 9.17) is 15.5 Å². The zero-order chi connectivity index (χ0) is 24.6. The normalized spacial score (nSPS) is 23.4. The summed E-state index contributed by atoms with van der Waals surface area (Å²) in [5, 5.41) is 6.17. The summed E-state index contributed by atoms with van der Waals surface area (Å²) in [7, 11) is 0. The van der Waals surface area contributed by atoms with Crippen LogP contribution in [0.25, 0.3) is 5.65 Å². The largest absolute Gasteiger partial charge is 0.457 e. The number of ether oxygens (including phenoxy) is 1. The summed E-state index contributed by atoms with van der Waals surface area (Å²) in [5.74, 6) is 2.08. The topological polar surface area (TPSA) is 109 Å². The second-order valence-electron chi connectivity index (χ2n) is 9.36. The molecule has 186 valence electrons. The Labute approximate surface area is 208 Å². The highest BCUT2D eigenvalue weighted by molar-refractivity contribution is 6.05. The first-order chi connectivity index (χ1) is 17.5. The molecule has 0 unspecified atom stereocenters. The molecule has 0 spiro atoms. The van der Waals surface area contributed by atoms with Gasteiger partial charge in [-0.1, -0.05) is 0 Å². The van der Waals surface area contributed by atoms with Gasteiger partial charge >= 0.3 is 0 Å². The fraction of sp³-hybridized carbons (Fsp3) is 0.360. The fourth-order valence-electron chi connectivity index (χ4n) is 4.86. The van der Waals surface area contributed by atoms with Crippen molar-refractivity contribution in [1.82, 2.24) is 29.9 Å². The summed E-state index contributed by atoms with van der Waals surface area (Å²) in [6, 6.07) is 9.14. The van der Waals surface area contributed by atoms with Gasteiger partial charge in [0.05, 0.1) is 5.69 Å². The van der Waals surface area contributed by atoms with E-state index in [1.807, 2.05) is 43.5 Å². The molecule has 0 amide bonds. The molecule has 3 aliphatic rings. The maximum absolute atomic E-state index is 14.2. The first-order valence-corrected chi connectivity index (χ1v) is 12.1. The van der Waals surface area contributed by atoms with E-state index in [0.29, 0.717) is 31.1 Å². The number of aliphatic imine (C=N–C) groups is 2. The van der Waals surface area contributed by atoms with E-state index < -0.39 is 6.17 Å². The number of hydrazine groups is 1. The van der Waals surface area contributed by atoms with Gasteiger partial charge in [0, 0.05) is 44.5 Å². The minimum absolute atomic E-state index is 0.363. The second-order valence-corrected chi connectivity index (χ2v) is 9.36. The van der Waals surface area contributed by atoms with Crippen LogP contribution in [0, 0.1) is 6.92 Å². The van der Waals surface area contributed by atoms with Crippen molar-refractivity contribution < 1.29 is 9.13 Å². The van der Waals surface area contributed by atoms with E-state index in [0.717, 1.165) is 47.9 Å². The van der Waals surface area contributed by atoms with Gasteiger partial charge in [-0.05, 0) is 55.2 Å². The molecule has 0 saturated carbocycles. The number of pyridine rings is 1. The van der Waals surface area contributed by atoms with E-state index in [1.165, 1.54) is 11.9 Å². The van der Waals surface area contributed by atoms with Crippen LogP contribution in [0.3, 0.4) is 0 Å². The molecule has 11 heteroatoms. The van der Waals surface area contributed by atoms with Crippen molar-refractivity contribution in [2.45, 2.75) is 32.0 Å². The molecule has 36 heavy (non-hydrogen) atoms. The number of aromatic nitrogens is 3. The lowest BCUT2D eigenvalue weighted by atomic mass is 10.0. The number of nitrogens with one attached hydrogen (secondary N) is 1. The van der Waals surface area contributed by atoms with Gasteiger partial charge in [0.25, 0.3) is 0 Å². The number of amidine groups is 1. The lowest BCUT2D eigenvalue weighted by Crippen LogP contribution is -2.49. The Morgan fingerprint density at radius 2 is 2.17 bits per heavy atom. The number of aryl methyl sites for hydroxylation is 1. The van der Waals surface area contributed by atoms with Crippen LogP contribution in [0.5, 0.6) is 11.5 Å². The monoisotopic (exact) mass is 489 g/mol. The third-order valence-corrected chi connectivity index (χ3v) is 6.82. The first-order valence-electron chi connectivity index (χ1n) is 12.1. The van der Waals surface area contributed by atoms with E-state index in [-0.39, 0.29) is 6.04 Å². The van der Waals surface area contributed by atoms with Crippen LogP contribution in [0.15, 0.2) is 64.1 Å². The van der Waals surface area contributed by atoms with E-state index in [1.54, 1.807) is 10.9 Å². The number of fused-ring (bicyclic) bond motifs is 2. The SMILES string of the molecule is Cc1cc(N=C2N=CNN3CCC(CN4CC[C@H](N)[C@H](F)C4)=C23)ccc1Oc1ccn2ncnc2c1. The predicted octanol–water partition coefficient (Wildman–Crippen LogP) is 2.74. The average molecular weight is 490 g/mol. The Bertz CT molecular complexity index is 1380. The minimum Gasteiger partial charge on any atom is -0.457 e. The smallest absolute Gasteiger partial charge is 0.179 e. The molecule has 2 atom stereocenters. The lowest BCUT2D eigenvalue weighted by molar-refractivity contribution is 0.127. The summed E-state index contributed by atoms with van der Waals surface area (Å²) >= 11 is 0. The van der Waals surface area contributed by atoms with Gasteiger partial charge < -0.3 is 10.5 Å². The third kappa shape index (κ3) is 4.42. The maximum atomic E-state index is 14.2. The number of nitrogens with zero attached hydrogens (tertiary/aromatic N) is 7. The Morgan fingerprint density at radius 1 is 1.25 bits per heavy atom. The van der Waals surface area contributed by atoms with Crippen LogP contribution in [0.4, 0.5) is 10.1 Å². The summed E-state index contributed by atoms with van der Waals surface area (Å²) in [4.78, 5) is 15.7. The van der Waals surface area contributed by atoms with Crippen molar-refractivity contribution in [3.63, 3.8) is 0 Å². The average Bonchev–Trinajstić information content (AvgIpc) is 3.50. The molecule has 0 aliphatic carbocycles. The van der Waals surface area contributed by atoms with Crippen molar-refractivity contribution in [1.29, 1.82) is 0 Å². The number of piperidine rings is 1. The quantitative estimate of drug-likeness (QED) is 0.567. The molecule has 0 radical (unpaired) electrons. The van der Waals surface area contributed by atoms with Crippen molar-refractivity contribution >= 4 is 23.5 Å². The van der Waals surface area contributed by atoms with Crippen LogP contribution in [-0.2, 0) is 0 Å². The molecule has 6 rings (SSSR count). The fourth-order valence-corrected chi connectivity index (χ4v) is 4.86. The molecule has 3 aromatic rings. The molecule has 3 aliphatic heterocycles. The zero-order valence-electron chi connectivity index (χ0n) is 20.0. The Kier molecular flexibility index (Phi) is 5.86. The van der Waals surface area contributed by atoms with Gasteiger partial charge in [0.1, 0.15) is 36.0 Å². The first kappa shape index (κ1) is 22.6. The summed E-state index contributed by atoms with van der Waals surface area (Å²) in [6.07, 6.45) is 5.55. The highest BCUT2D eigenvalue weighted by Crippen LogP contribution is 2.31. The number of rotatable bonds is 5. The van der Waals surface area contributed by atoms with Gasteiger partial charge in [0.15, 0.2) is 11.5 Å². The number of benzene rings is 1. The number of nitrogens with two attached hydrogens (primary N) is 1. The molecule has 1 aromatic carbocycles. The molecule has 2 aromatic heterocycles. The van der Waals surface area contributed by atoms with E-state index in [2.05, 4.69) is 30.4 Å². The number of hydrogen-bond donors (Lipinski definition) is 2. The Morgan fingerprint density at radius 3 is 3.03 bits per heavy atom. The van der Waals surface area contributed by atoms with Gasteiger partial charge in [0.2, 0.25) is 0 Å². The molecular formula is C25H28FN9O. The van der Waals surface area contributed by atoms with Crippen LogP contribution >= 0.6 is 0 Å². The van der Waals surface area contributed by atoms with Gasteiger partial charge in [-0.3, -0.25) is 15.3 Å². The standard InChI is InChI=1S/C25H28FN9O/c1-16-10-18(2-3-22(16)36-19-5-9-34-23(11-19)28-14-30-34)32-25-24-17(4-8-35(24)31-15-29-25)12-33-7-6-21(27)20(26)13-33/h2-3,5,9-11,14-15,20-21H,4,6-8,12-13,27H2,1H3,(H,29,31,32)/t20-,21+/m1/s1. The van der Waals surface area contributed by atoms with Crippen LogP contribution in [0.1, 0.15) is 18.4 Å². The number of alkyl halides is 1. The molecule has 0 bridgehead atoms. The van der Waals surface area contributed by atoms with Gasteiger partial charge in [-0.25, -0.2) is 23.9 Å². The van der Waals surface area contributed by atoms with Crippen LogP contribution in [0.2, 0.25) is 0 Å². The van der Waals surface area contributed by atoms with Crippen molar-refractivity contribution in [2.24, 2.45) is 15.7 Å². The maximum Gasteiger partial charge on any atom is 0.179 e. The summed E-state index contributed by atoms with van der Waals surface area (Å²) in [6.45, 7) is 4.67. The third-order valence-electron chi connectivity index (χ3n) is 6.82. The molecule has 3 N–H and O–H groups in total. The number of hydrogen-bond acceptors (Lipinski definition) is 8. The molecule has 5 heterocycles. The van der Waals surface area contributed by atoms with Crippen molar-refractivity contribution in [3.05, 3.63) is 59.7 Å². The zero-order valence-corrected chi connectivity index (χ0v) is 20.0. The van der Waals surface area contributed by atoms with Crippen molar-refractivity contribution in [3.8, 4) is 11.5 Å². The Hall–Kier alpha value is -3.83. The molecular weight excluding hydrogens is 461 g/mol. The highest BCUT2D eigenvalue weighted by atomic mass is 19.1. The van der Waals surface area contributed by atoms with Gasteiger partial charge in [-0.15, -0.1) is 0 Å². The minimum atomic E-state index is -0.987. The second kappa shape index (κ2) is 9.32. The van der Waals surface area contributed by atoms with E-state index in [9.17, 15) is 4.39 Å². The summed E-state index contributed by atoms with van der Waals surface area (Å²) in [5.41, 5.74) is 13.7. The lowest BCUT2D eigenvalue weighted by Gasteiger charge is -2.33. The van der Waals surface area contributed by atoms with Crippen LogP contribution < -0.4 is 15.9 Å². The Balaban J connectivity index is 1.23. The van der Waals surface area contributed by atoms with Crippen molar-refractivity contribution in [2.75, 3.05) is 26.2 Å². The number of halogens is 1. The molecule has 10 nitrogen and oxygen atoms in total. The molecule has 1 saturated heterocycles. The summed E-state index contributed by atoms with van der Waals surface area (Å²) < 4.78 is 22.0. The molecule has 1 fully saturated rings. The van der Waals surface area contributed by atoms with Crippen LogP contribution in [-0.4, -0.2) is 75.1 Å². The number of likely N-dealkylation sites (tertiary alicyclic amines) is 1. The van der Waals surface area contributed by atoms with Gasteiger partial charge in [-0.2, -0.15) is 5.10 Å². The highest BCUT2D eigenvalue weighted by Gasteiger charge is 2.32.